The number of hydrogen-bond acceptors (Lipinski definition) is 3. The molecule has 3 aromatic rings. The van der Waals surface area contributed by atoms with Crippen molar-refractivity contribution < 1.29 is 14.3 Å². The molecule has 4 heteroatoms. The van der Waals surface area contributed by atoms with Gasteiger partial charge in [-0.3, -0.25) is 9.59 Å². The van der Waals surface area contributed by atoms with E-state index in [4.69, 9.17) is 4.74 Å². The zero-order valence-corrected chi connectivity index (χ0v) is 20.1. The maximum atomic E-state index is 13.8. The van der Waals surface area contributed by atoms with Gasteiger partial charge in [0.15, 0.2) is 0 Å². The number of benzene rings is 3. The van der Waals surface area contributed by atoms with Crippen molar-refractivity contribution in [3.63, 3.8) is 0 Å². The molecule has 0 radical (unpaired) electrons. The third kappa shape index (κ3) is 3.20. The maximum absolute atomic E-state index is 13.8. The third-order valence-electron chi connectivity index (χ3n) is 7.71. The van der Waals surface area contributed by atoms with Crippen LogP contribution in [-0.4, -0.2) is 18.9 Å². The number of hydrogen-bond donors (Lipinski definition) is 0. The number of para-hydroxylation sites is 2. The highest BCUT2D eigenvalue weighted by Crippen LogP contribution is 2.59. The molecule has 174 valence electrons. The van der Waals surface area contributed by atoms with Crippen LogP contribution >= 0.6 is 0 Å². The summed E-state index contributed by atoms with van der Waals surface area (Å²) in [6.07, 6.45) is 4.28. The molecule has 2 bridgehead atoms. The van der Waals surface area contributed by atoms with Crippen molar-refractivity contribution in [3.8, 4) is 5.75 Å². The van der Waals surface area contributed by atoms with Gasteiger partial charge in [0, 0.05) is 11.8 Å². The summed E-state index contributed by atoms with van der Waals surface area (Å²) in [5.41, 5.74) is 7.50. The maximum Gasteiger partial charge on any atom is 0.238 e. The Kier molecular flexibility index (Phi) is 4.99. The molecule has 4 atom stereocenters. The summed E-state index contributed by atoms with van der Waals surface area (Å²) in [5.74, 6) is -0.702. The van der Waals surface area contributed by atoms with Crippen LogP contribution in [-0.2, 0) is 9.59 Å². The smallest absolute Gasteiger partial charge is 0.238 e. The van der Waals surface area contributed by atoms with Crippen LogP contribution in [0.4, 0.5) is 5.69 Å². The summed E-state index contributed by atoms with van der Waals surface area (Å²) in [6, 6.07) is 24.3. The number of nitrogens with zero attached hydrogens (tertiary/aromatic N) is 1. The molecular weight excluding hydrogens is 434 g/mol. The second kappa shape index (κ2) is 8.09. The van der Waals surface area contributed by atoms with Gasteiger partial charge in [0.2, 0.25) is 11.8 Å². The zero-order chi connectivity index (χ0) is 24.3. The number of anilines is 1. The highest BCUT2D eigenvalue weighted by Gasteiger charge is 2.62. The molecule has 1 aliphatic heterocycles. The monoisotopic (exact) mass is 461 g/mol. The molecule has 1 saturated carbocycles. The van der Waals surface area contributed by atoms with Crippen molar-refractivity contribution in [2.24, 2.45) is 23.7 Å². The number of rotatable bonds is 4. The van der Waals surface area contributed by atoms with Crippen LogP contribution in [0, 0.1) is 37.5 Å². The van der Waals surface area contributed by atoms with Crippen molar-refractivity contribution in [1.82, 2.24) is 0 Å². The Balaban J connectivity index is 1.49. The molecule has 2 amide bonds. The van der Waals surface area contributed by atoms with Crippen molar-refractivity contribution in [2.75, 3.05) is 12.0 Å². The van der Waals surface area contributed by atoms with Crippen molar-refractivity contribution in [1.29, 1.82) is 0 Å². The highest BCUT2D eigenvalue weighted by molar-refractivity contribution is 6.24. The first-order valence-electron chi connectivity index (χ1n) is 12.1. The Bertz CT molecular complexity index is 1320. The van der Waals surface area contributed by atoms with Gasteiger partial charge in [-0.15, -0.1) is 0 Å². The third-order valence-corrected chi connectivity index (χ3v) is 7.71. The fourth-order valence-corrected chi connectivity index (χ4v) is 6.09. The molecule has 0 unspecified atom stereocenters. The standard InChI is InChI=1S/C31H27NO3/c1-18-8-12-20(13-9-18)26(21-14-10-19(2)11-15-21)27-22-16-17-23(27)29-28(22)30(33)32(31(29)34)24-6-4-5-7-25(24)35-3/h4-17,22-23,28-29H,1-3H3/t22-,23-,28-,29-/m0/s1. The van der Waals surface area contributed by atoms with E-state index >= 15 is 0 Å². The predicted octanol–water partition coefficient (Wildman–Crippen LogP) is 5.74. The van der Waals surface area contributed by atoms with E-state index in [0.717, 1.165) is 16.7 Å². The first-order chi connectivity index (χ1) is 17.0. The van der Waals surface area contributed by atoms with Crippen LogP contribution in [0.25, 0.3) is 5.57 Å². The fourth-order valence-electron chi connectivity index (χ4n) is 6.09. The summed E-state index contributed by atoms with van der Waals surface area (Å²) in [4.78, 5) is 28.9. The molecule has 0 N–H and O–H groups in total. The van der Waals surface area contributed by atoms with E-state index in [-0.39, 0.29) is 35.5 Å². The Morgan fingerprint density at radius 2 is 1.20 bits per heavy atom. The summed E-state index contributed by atoms with van der Waals surface area (Å²) in [6.45, 7) is 4.16. The van der Waals surface area contributed by atoms with E-state index in [1.54, 1.807) is 19.2 Å². The van der Waals surface area contributed by atoms with E-state index in [1.807, 2.05) is 12.1 Å². The average molecular weight is 462 g/mol. The quantitative estimate of drug-likeness (QED) is 0.368. The molecule has 6 rings (SSSR count). The second-order valence-corrected chi connectivity index (χ2v) is 9.73. The van der Waals surface area contributed by atoms with Crippen LogP contribution in [0.3, 0.4) is 0 Å². The first-order valence-corrected chi connectivity index (χ1v) is 12.1. The molecule has 0 spiro atoms. The topological polar surface area (TPSA) is 46.6 Å². The van der Waals surface area contributed by atoms with Gasteiger partial charge in [-0.05, 0) is 48.3 Å². The number of carbonyl (C=O) groups excluding carboxylic acids is 2. The minimum Gasteiger partial charge on any atom is -0.495 e. The van der Waals surface area contributed by atoms with E-state index in [9.17, 15) is 9.59 Å². The van der Waals surface area contributed by atoms with E-state index in [0.29, 0.717) is 11.4 Å². The molecule has 0 aromatic heterocycles. The largest absolute Gasteiger partial charge is 0.495 e. The number of allylic oxidation sites excluding steroid dienone is 3. The van der Waals surface area contributed by atoms with Crippen LogP contribution < -0.4 is 9.64 Å². The van der Waals surface area contributed by atoms with Crippen molar-refractivity contribution >= 4 is 23.1 Å². The van der Waals surface area contributed by atoms with Gasteiger partial charge < -0.3 is 4.74 Å². The van der Waals surface area contributed by atoms with Crippen LogP contribution in [0.2, 0.25) is 0 Å². The van der Waals surface area contributed by atoms with E-state index < -0.39 is 0 Å². The minimum atomic E-state index is -0.386. The molecule has 1 heterocycles. The Morgan fingerprint density at radius 1 is 0.714 bits per heavy atom. The highest BCUT2D eigenvalue weighted by atomic mass is 16.5. The fraction of sp³-hybridized carbons (Fsp3) is 0.226. The van der Waals surface area contributed by atoms with Gasteiger partial charge in [0.1, 0.15) is 5.75 Å². The number of methoxy groups -OCH3 is 1. The van der Waals surface area contributed by atoms with Crippen LogP contribution in [0.1, 0.15) is 22.3 Å². The van der Waals surface area contributed by atoms with Gasteiger partial charge in [-0.2, -0.15) is 0 Å². The van der Waals surface area contributed by atoms with Crippen LogP contribution in [0.15, 0.2) is 90.5 Å². The molecule has 1 saturated heterocycles. The van der Waals surface area contributed by atoms with Crippen LogP contribution in [0.5, 0.6) is 5.75 Å². The predicted molar refractivity (Wildman–Crippen MR) is 137 cm³/mol. The number of imide groups is 1. The first kappa shape index (κ1) is 21.6. The van der Waals surface area contributed by atoms with Gasteiger partial charge in [0.05, 0.1) is 24.6 Å². The molecule has 3 aliphatic rings. The molecule has 3 aromatic carbocycles. The van der Waals surface area contributed by atoms with Gasteiger partial charge >= 0.3 is 0 Å². The molecule has 2 fully saturated rings. The lowest BCUT2D eigenvalue weighted by atomic mass is 9.85. The SMILES string of the molecule is COc1ccccc1N1C(=O)[C@@H]2[C@@H](C1=O)[C@H]1C=C[C@H]2C1=C(c1ccc(C)cc1)c1ccc(C)cc1. The van der Waals surface area contributed by atoms with E-state index in [2.05, 4.69) is 74.5 Å². The summed E-state index contributed by atoms with van der Waals surface area (Å²) in [7, 11) is 1.56. The second-order valence-electron chi connectivity index (χ2n) is 9.73. The zero-order valence-electron chi connectivity index (χ0n) is 20.1. The number of fused-ring (bicyclic) bond motifs is 5. The van der Waals surface area contributed by atoms with Gasteiger partial charge in [0.25, 0.3) is 0 Å². The average Bonchev–Trinajstić information content (AvgIpc) is 3.50. The molecule has 4 nitrogen and oxygen atoms in total. The summed E-state index contributed by atoms with van der Waals surface area (Å²) >= 11 is 0. The number of aryl methyl sites for hydroxylation is 2. The summed E-state index contributed by atoms with van der Waals surface area (Å²) < 4.78 is 5.47. The lowest BCUT2D eigenvalue weighted by molar-refractivity contribution is -0.123. The molecular formula is C31H27NO3. The minimum absolute atomic E-state index is 0.0984. The Hall–Kier alpha value is -3.92. The van der Waals surface area contributed by atoms with Gasteiger partial charge in [-0.1, -0.05) is 83.9 Å². The summed E-state index contributed by atoms with van der Waals surface area (Å²) in [5, 5.41) is 0. The van der Waals surface area contributed by atoms with Crippen molar-refractivity contribution in [3.05, 3.63) is 113 Å². The normalized spacial score (nSPS) is 24.3. The Morgan fingerprint density at radius 3 is 1.69 bits per heavy atom. The lowest BCUT2D eigenvalue weighted by Gasteiger charge is -2.22. The van der Waals surface area contributed by atoms with Gasteiger partial charge in [-0.25, -0.2) is 4.90 Å². The number of carbonyl (C=O) groups is 2. The van der Waals surface area contributed by atoms with Crippen molar-refractivity contribution in [2.45, 2.75) is 13.8 Å². The molecule has 35 heavy (non-hydrogen) atoms. The number of ether oxygens (including phenoxy) is 1. The number of amides is 2. The Labute approximate surface area is 205 Å². The van der Waals surface area contributed by atoms with E-state index in [1.165, 1.54) is 21.6 Å². The molecule has 2 aliphatic carbocycles. The lowest BCUT2D eigenvalue weighted by Crippen LogP contribution is -2.33.